The number of hydrogen-bond acceptors (Lipinski definition) is 4. The van der Waals surface area contributed by atoms with Crippen LogP contribution >= 0.6 is 11.6 Å². The molecule has 0 radical (unpaired) electrons. The normalized spacial score (nSPS) is 12.6. The van der Waals surface area contributed by atoms with E-state index in [2.05, 4.69) is 15.5 Å². The fourth-order valence-electron chi connectivity index (χ4n) is 2.14. The fourth-order valence-corrected chi connectivity index (χ4v) is 2.34. The second kappa shape index (κ2) is 5.13. The van der Waals surface area contributed by atoms with Gasteiger partial charge in [-0.2, -0.15) is 0 Å². The molecule has 0 aliphatic heterocycles. The number of furan rings is 1. The molecule has 0 amide bonds. The Kier molecular flexibility index (Phi) is 3.32. The first-order chi connectivity index (χ1) is 9.65. The smallest absolute Gasteiger partial charge is 0.159 e. The number of aromatic nitrogens is 2. The molecular weight excluding hydrogens is 274 g/mol. The Labute approximate surface area is 121 Å². The molecule has 4 nitrogen and oxygen atoms in total. The van der Waals surface area contributed by atoms with E-state index < -0.39 is 0 Å². The largest absolute Gasteiger partial charge is 0.464 e. The molecule has 102 valence electrons. The highest BCUT2D eigenvalue weighted by molar-refractivity contribution is 6.34. The van der Waals surface area contributed by atoms with Crippen LogP contribution in [0, 0.1) is 6.92 Å². The van der Waals surface area contributed by atoms with Crippen molar-refractivity contribution in [3.8, 4) is 0 Å². The minimum atomic E-state index is 0.00239. The van der Waals surface area contributed by atoms with Crippen molar-refractivity contribution in [2.45, 2.75) is 19.9 Å². The van der Waals surface area contributed by atoms with Crippen molar-refractivity contribution in [2.24, 2.45) is 0 Å². The summed E-state index contributed by atoms with van der Waals surface area (Å²) >= 11 is 6.07. The molecule has 0 bridgehead atoms. The van der Waals surface area contributed by atoms with Gasteiger partial charge in [0.15, 0.2) is 11.0 Å². The van der Waals surface area contributed by atoms with Crippen LogP contribution in [0.4, 0.5) is 5.82 Å². The highest BCUT2D eigenvalue weighted by Gasteiger charge is 2.13. The molecule has 20 heavy (non-hydrogen) atoms. The summed E-state index contributed by atoms with van der Waals surface area (Å²) in [4.78, 5) is 0. The topological polar surface area (TPSA) is 51.0 Å². The molecule has 1 N–H and O–H groups in total. The van der Waals surface area contributed by atoms with E-state index in [1.54, 1.807) is 0 Å². The monoisotopic (exact) mass is 287 g/mol. The molecule has 0 aliphatic carbocycles. The van der Waals surface area contributed by atoms with Crippen molar-refractivity contribution in [1.29, 1.82) is 0 Å². The number of nitrogens with zero attached hydrogens (tertiary/aromatic N) is 2. The van der Waals surface area contributed by atoms with Gasteiger partial charge >= 0.3 is 0 Å². The van der Waals surface area contributed by atoms with Gasteiger partial charge in [0.1, 0.15) is 11.5 Å². The van der Waals surface area contributed by atoms with E-state index in [1.165, 1.54) is 0 Å². The van der Waals surface area contributed by atoms with E-state index in [0.29, 0.717) is 11.0 Å². The van der Waals surface area contributed by atoms with Gasteiger partial charge in [0.25, 0.3) is 0 Å². The number of aryl methyl sites for hydroxylation is 1. The van der Waals surface area contributed by atoms with E-state index in [0.717, 1.165) is 22.3 Å². The predicted molar refractivity (Wildman–Crippen MR) is 80.0 cm³/mol. The number of nitrogens with one attached hydrogen (secondary N) is 1. The van der Waals surface area contributed by atoms with Gasteiger partial charge in [-0.25, -0.2) is 0 Å². The molecule has 0 spiro atoms. The van der Waals surface area contributed by atoms with Gasteiger partial charge in [0, 0.05) is 10.8 Å². The number of hydrogen-bond donors (Lipinski definition) is 1. The molecule has 1 aromatic carbocycles. The van der Waals surface area contributed by atoms with Crippen LogP contribution < -0.4 is 5.32 Å². The molecule has 5 heteroatoms. The zero-order valence-electron chi connectivity index (χ0n) is 11.2. The summed E-state index contributed by atoms with van der Waals surface area (Å²) < 4.78 is 5.62. The zero-order chi connectivity index (χ0) is 14.1. The van der Waals surface area contributed by atoms with Gasteiger partial charge in [-0.1, -0.05) is 35.9 Å². The number of rotatable bonds is 3. The molecule has 3 rings (SSSR count). The van der Waals surface area contributed by atoms with E-state index >= 15 is 0 Å². The van der Waals surface area contributed by atoms with Gasteiger partial charge < -0.3 is 9.73 Å². The third-order valence-electron chi connectivity index (χ3n) is 3.18. The number of fused-ring (bicyclic) bond motifs is 1. The van der Waals surface area contributed by atoms with Crippen molar-refractivity contribution in [1.82, 2.24) is 10.2 Å². The van der Waals surface area contributed by atoms with Crippen LogP contribution in [0.1, 0.15) is 24.5 Å². The van der Waals surface area contributed by atoms with Gasteiger partial charge in [-0.05, 0) is 26.0 Å². The van der Waals surface area contributed by atoms with E-state index in [4.69, 9.17) is 16.0 Å². The molecular formula is C15H14ClN3O. The SMILES string of the molecule is Cc1ccc(C(C)Nc2nnc(Cl)c3ccccc23)o1. The van der Waals surface area contributed by atoms with Crippen LogP contribution in [0.15, 0.2) is 40.8 Å². The molecule has 1 unspecified atom stereocenters. The fraction of sp³-hybridized carbons (Fsp3) is 0.200. The molecule has 1 atom stereocenters. The Morgan fingerprint density at radius 1 is 1.10 bits per heavy atom. The minimum absolute atomic E-state index is 0.00239. The molecule has 2 heterocycles. The third-order valence-corrected chi connectivity index (χ3v) is 3.46. The van der Waals surface area contributed by atoms with Crippen molar-refractivity contribution in [3.05, 3.63) is 53.1 Å². The molecule has 2 aromatic heterocycles. The van der Waals surface area contributed by atoms with Gasteiger partial charge in [0.2, 0.25) is 0 Å². The number of anilines is 1. The summed E-state index contributed by atoms with van der Waals surface area (Å²) in [6, 6.07) is 11.7. The van der Waals surface area contributed by atoms with E-state index in [1.807, 2.05) is 50.2 Å². The van der Waals surface area contributed by atoms with Crippen LogP contribution in [0.5, 0.6) is 0 Å². The second-order valence-electron chi connectivity index (χ2n) is 4.70. The first-order valence-electron chi connectivity index (χ1n) is 6.39. The summed E-state index contributed by atoms with van der Waals surface area (Å²) in [7, 11) is 0. The van der Waals surface area contributed by atoms with Crippen LogP contribution in [-0.2, 0) is 0 Å². The Bertz CT molecular complexity index is 754. The average Bonchev–Trinajstić information content (AvgIpc) is 2.89. The highest BCUT2D eigenvalue weighted by atomic mass is 35.5. The highest BCUT2D eigenvalue weighted by Crippen LogP contribution is 2.28. The van der Waals surface area contributed by atoms with Gasteiger partial charge in [-0.3, -0.25) is 0 Å². The minimum Gasteiger partial charge on any atom is -0.464 e. The number of halogens is 1. The Hall–Kier alpha value is -2.07. The maximum atomic E-state index is 6.07. The summed E-state index contributed by atoms with van der Waals surface area (Å²) in [6.45, 7) is 3.94. The first kappa shape index (κ1) is 12.9. The first-order valence-corrected chi connectivity index (χ1v) is 6.77. The van der Waals surface area contributed by atoms with Crippen molar-refractivity contribution in [3.63, 3.8) is 0 Å². The Morgan fingerprint density at radius 2 is 1.85 bits per heavy atom. The summed E-state index contributed by atoms with van der Waals surface area (Å²) in [6.07, 6.45) is 0. The predicted octanol–water partition coefficient (Wildman–Crippen LogP) is 4.36. The van der Waals surface area contributed by atoms with Crippen LogP contribution in [-0.4, -0.2) is 10.2 Å². The Balaban J connectivity index is 1.97. The lowest BCUT2D eigenvalue weighted by molar-refractivity contribution is 0.466. The molecule has 0 saturated heterocycles. The van der Waals surface area contributed by atoms with Crippen LogP contribution in [0.25, 0.3) is 10.8 Å². The van der Waals surface area contributed by atoms with E-state index in [9.17, 15) is 0 Å². The third kappa shape index (κ3) is 2.34. The summed E-state index contributed by atoms with van der Waals surface area (Å²) in [5.74, 6) is 2.45. The maximum Gasteiger partial charge on any atom is 0.159 e. The summed E-state index contributed by atoms with van der Waals surface area (Å²) in [5, 5.41) is 13.7. The standard InChI is InChI=1S/C15H14ClN3O/c1-9-7-8-13(20-9)10(2)17-15-12-6-4-3-5-11(12)14(16)18-19-15/h3-8,10H,1-2H3,(H,17,19). The van der Waals surface area contributed by atoms with Crippen LogP contribution in [0.2, 0.25) is 5.15 Å². The van der Waals surface area contributed by atoms with Gasteiger partial charge in [0.05, 0.1) is 6.04 Å². The van der Waals surface area contributed by atoms with Gasteiger partial charge in [-0.15, -0.1) is 10.2 Å². The number of benzene rings is 1. The quantitative estimate of drug-likeness (QED) is 0.778. The average molecular weight is 288 g/mol. The van der Waals surface area contributed by atoms with Crippen molar-refractivity contribution < 1.29 is 4.42 Å². The second-order valence-corrected chi connectivity index (χ2v) is 5.06. The molecule has 0 fully saturated rings. The van der Waals surface area contributed by atoms with Crippen molar-refractivity contribution in [2.75, 3.05) is 5.32 Å². The summed E-state index contributed by atoms with van der Waals surface area (Å²) in [5.41, 5.74) is 0. The van der Waals surface area contributed by atoms with Crippen LogP contribution in [0.3, 0.4) is 0 Å². The maximum absolute atomic E-state index is 6.07. The molecule has 0 saturated carbocycles. The lowest BCUT2D eigenvalue weighted by Gasteiger charge is -2.13. The Morgan fingerprint density at radius 3 is 2.55 bits per heavy atom. The molecule has 0 aliphatic rings. The van der Waals surface area contributed by atoms with Crippen molar-refractivity contribution >= 4 is 28.2 Å². The zero-order valence-corrected chi connectivity index (χ0v) is 12.0. The molecule has 3 aromatic rings. The lowest BCUT2D eigenvalue weighted by Crippen LogP contribution is -2.08. The lowest BCUT2D eigenvalue weighted by atomic mass is 10.2. The van der Waals surface area contributed by atoms with E-state index in [-0.39, 0.29) is 6.04 Å².